The van der Waals surface area contributed by atoms with Gasteiger partial charge in [0.1, 0.15) is 0 Å². The fourth-order valence-corrected chi connectivity index (χ4v) is 1.55. The van der Waals surface area contributed by atoms with E-state index in [1.165, 1.54) is 0 Å². The Kier molecular flexibility index (Phi) is 2.49. The number of rotatable bonds is 2. The van der Waals surface area contributed by atoms with Crippen molar-refractivity contribution in [2.24, 2.45) is 0 Å². The van der Waals surface area contributed by atoms with Crippen LogP contribution in [0.15, 0.2) is 0 Å². The van der Waals surface area contributed by atoms with Crippen LogP contribution < -0.4 is 10.6 Å². The van der Waals surface area contributed by atoms with Crippen LogP contribution in [0.4, 0.5) is 0 Å². The average Bonchev–Trinajstić information content (AvgIpc) is 2.06. The highest BCUT2D eigenvalue weighted by Crippen LogP contribution is 2.16. The lowest BCUT2D eigenvalue weighted by atomic mass is 9.90. The summed E-state index contributed by atoms with van der Waals surface area (Å²) >= 11 is 0. The van der Waals surface area contributed by atoms with Gasteiger partial charge in [-0.3, -0.25) is 4.79 Å². The second kappa shape index (κ2) is 3.22. The second-order valence-corrected chi connectivity index (χ2v) is 2.97. The summed E-state index contributed by atoms with van der Waals surface area (Å²) in [5.74, 6) is 0.161. The molecule has 1 aliphatic rings. The van der Waals surface area contributed by atoms with E-state index in [4.69, 9.17) is 0 Å². The Bertz CT molecular complexity index is 152. The smallest absolute Gasteiger partial charge is 0.240 e. The van der Waals surface area contributed by atoms with E-state index < -0.39 is 0 Å². The fourth-order valence-electron chi connectivity index (χ4n) is 1.55. The van der Waals surface area contributed by atoms with Gasteiger partial charge in [-0.05, 0) is 12.8 Å². The third kappa shape index (κ3) is 1.38. The molecule has 1 aliphatic heterocycles. The van der Waals surface area contributed by atoms with Gasteiger partial charge in [0.2, 0.25) is 5.91 Å². The normalized spacial score (nSPS) is 22.9. The summed E-state index contributed by atoms with van der Waals surface area (Å²) in [6.07, 6.45) is 1.74. The lowest BCUT2D eigenvalue weighted by Crippen LogP contribution is -2.62. The Morgan fingerprint density at radius 2 is 2.00 bits per heavy atom. The van der Waals surface area contributed by atoms with Gasteiger partial charge in [-0.1, -0.05) is 13.8 Å². The number of hydrogen-bond acceptors (Lipinski definition) is 2. The van der Waals surface area contributed by atoms with Crippen molar-refractivity contribution in [1.29, 1.82) is 0 Å². The molecule has 1 fully saturated rings. The molecule has 1 saturated heterocycles. The van der Waals surface area contributed by atoms with Gasteiger partial charge in [-0.2, -0.15) is 0 Å². The number of amides is 1. The van der Waals surface area contributed by atoms with Gasteiger partial charge in [-0.15, -0.1) is 0 Å². The molecule has 3 heteroatoms. The number of piperazine rings is 1. The molecule has 1 rings (SSSR count). The lowest BCUT2D eigenvalue weighted by Gasteiger charge is -2.35. The summed E-state index contributed by atoms with van der Waals surface area (Å²) in [6.45, 7) is 5.75. The third-order valence-corrected chi connectivity index (χ3v) is 2.52. The lowest BCUT2D eigenvalue weighted by molar-refractivity contribution is -0.129. The zero-order chi connectivity index (χ0) is 8.32. The van der Waals surface area contributed by atoms with E-state index in [1.807, 2.05) is 13.8 Å². The SMILES string of the molecule is CCC1(CC)NCCNC1=O. The van der Waals surface area contributed by atoms with Crippen molar-refractivity contribution in [2.45, 2.75) is 32.2 Å². The molecule has 64 valence electrons. The highest BCUT2D eigenvalue weighted by molar-refractivity contribution is 5.86. The van der Waals surface area contributed by atoms with Crippen LogP contribution in [0.25, 0.3) is 0 Å². The van der Waals surface area contributed by atoms with Gasteiger partial charge in [0, 0.05) is 13.1 Å². The Morgan fingerprint density at radius 3 is 2.36 bits per heavy atom. The number of carbonyl (C=O) groups excluding carboxylic acids is 1. The van der Waals surface area contributed by atoms with Crippen molar-refractivity contribution in [3.8, 4) is 0 Å². The zero-order valence-electron chi connectivity index (χ0n) is 7.24. The predicted molar refractivity (Wildman–Crippen MR) is 44.3 cm³/mol. The van der Waals surface area contributed by atoms with E-state index >= 15 is 0 Å². The summed E-state index contributed by atoms with van der Waals surface area (Å²) in [7, 11) is 0. The van der Waals surface area contributed by atoms with Crippen molar-refractivity contribution in [1.82, 2.24) is 10.6 Å². The largest absolute Gasteiger partial charge is 0.353 e. The number of nitrogens with one attached hydrogen (secondary N) is 2. The van der Waals surface area contributed by atoms with E-state index in [0.717, 1.165) is 25.9 Å². The molecule has 1 heterocycles. The molecule has 0 radical (unpaired) electrons. The van der Waals surface area contributed by atoms with Crippen LogP contribution in [0, 0.1) is 0 Å². The third-order valence-electron chi connectivity index (χ3n) is 2.52. The van der Waals surface area contributed by atoms with Gasteiger partial charge in [0.05, 0.1) is 5.54 Å². The van der Waals surface area contributed by atoms with Gasteiger partial charge < -0.3 is 10.6 Å². The van der Waals surface area contributed by atoms with E-state index in [2.05, 4.69) is 10.6 Å². The summed E-state index contributed by atoms with van der Waals surface area (Å²) in [5.41, 5.74) is -0.280. The molecule has 0 aromatic carbocycles. The topological polar surface area (TPSA) is 41.1 Å². The van der Waals surface area contributed by atoms with Crippen LogP contribution in [0.3, 0.4) is 0 Å². The molecule has 0 aliphatic carbocycles. The van der Waals surface area contributed by atoms with Crippen molar-refractivity contribution in [3.63, 3.8) is 0 Å². The molecule has 0 aromatic heterocycles. The van der Waals surface area contributed by atoms with Gasteiger partial charge in [0.25, 0.3) is 0 Å². The average molecular weight is 156 g/mol. The van der Waals surface area contributed by atoms with Crippen LogP contribution in [-0.2, 0) is 4.79 Å². The molecule has 0 saturated carbocycles. The maximum absolute atomic E-state index is 11.4. The second-order valence-electron chi connectivity index (χ2n) is 2.97. The summed E-state index contributed by atoms with van der Waals surface area (Å²) in [6, 6.07) is 0. The van der Waals surface area contributed by atoms with Gasteiger partial charge in [-0.25, -0.2) is 0 Å². The number of hydrogen-bond donors (Lipinski definition) is 2. The molecular weight excluding hydrogens is 140 g/mol. The first-order chi connectivity index (χ1) is 5.25. The maximum Gasteiger partial charge on any atom is 0.240 e. The van der Waals surface area contributed by atoms with E-state index in [1.54, 1.807) is 0 Å². The maximum atomic E-state index is 11.4. The van der Waals surface area contributed by atoms with Crippen molar-refractivity contribution in [3.05, 3.63) is 0 Å². The first-order valence-corrected chi connectivity index (χ1v) is 4.28. The minimum atomic E-state index is -0.280. The van der Waals surface area contributed by atoms with Crippen LogP contribution in [0.1, 0.15) is 26.7 Å². The zero-order valence-corrected chi connectivity index (χ0v) is 7.24. The quantitative estimate of drug-likeness (QED) is 0.602. The minimum absolute atomic E-state index is 0.161. The highest BCUT2D eigenvalue weighted by atomic mass is 16.2. The van der Waals surface area contributed by atoms with Crippen molar-refractivity contribution in [2.75, 3.05) is 13.1 Å². The van der Waals surface area contributed by atoms with E-state index in [9.17, 15) is 4.79 Å². The number of carbonyl (C=O) groups is 1. The van der Waals surface area contributed by atoms with Crippen molar-refractivity contribution >= 4 is 5.91 Å². The van der Waals surface area contributed by atoms with Crippen LogP contribution >= 0.6 is 0 Å². The van der Waals surface area contributed by atoms with E-state index in [-0.39, 0.29) is 11.4 Å². The molecule has 0 aromatic rings. The van der Waals surface area contributed by atoms with E-state index in [0.29, 0.717) is 0 Å². The van der Waals surface area contributed by atoms with Gasteiger partial charge >= 0.3 is 0 Å². The molecule has 2 N–H and O–H groups in total. The van der Waals surface area contributed by atoms with Crippen LogP contribution in [0.2, 0.25) is 0 Å². The fraction of sp³-hybridized carbons (Fsp3) is 0.875. The van der Waals surface area contributed by atoms with Crippen LogP contribution in [0.5, 0.6) is 0 Å². The molecule has 0 atom stereocenters. The summed E-state index contributed by atoms with van der Waals surface area (Å²) in [4.78, 5) is 11.4. The Morgan fingerprint density at radius 1 is 1.36 bits per heavy atom. The van der Waals surface area contributed by atoms with Crippen molar-refractivity contribution < 1.29 is 4.79 Å². The molecule has 11 heavy (non-hydrogen) atoms. The first-order valence-electron chi connectivity index (χ1n) is 4.28. The molecule has 1 amide bonds. The summed E-state index contributed by atoms with van der Waals surface area (Å²) < 4.78 is 0. The molecule has 0 spiro atoms. The highest BCUT2D eigenvalue weighted by Gasteiger charge is 2.35. The molecule has 0 unspecified atom stereocenters. The Hall–Kier alpha value is -0.570. The Labute approximate surface area is 67.5 Å². The predicted octanol–water partition coefficient (Wildman–Crippen LogP) is 0.265. The van der Waals surface area contributed by atoms with Crippen LogP contribution in [-0.4, -0.2) is 24.5 Å². The molecular formula is C8H16N2O. The standard InChI is InChI=1S/C8H16N2O/c1-3-8(4-2)7(11)9-5-6-10-8/h10H,3-6H2,1-2H3,(H,9,11). The molecule has 0 bridgehead atoms. The van der Waals surface area contributed by atoms with Gasteiger partial charge in [0.15, 0.2) is 0 Å². The summed E-state index contributed by atoms with van der Waals surface area (Å²) in [5, 5.41) is 6.14. The Balaban J connectivity index is 2.69. The minimum Gasteiger partial charge on any atom is -0.353 e. The monoisotopic (exact) mass is 156 g/mol. The molecule has 3 nitrogen and oxygen atoms in total. The first kappa shape index (κ1) is 8.53.